The Morgan fingerprint density at radius 1 is 1.35 bits per heavy atom. The molecular formula is C12H21F3N2O2S. The van der Waals surface area contributed by atoms with Gasteiger partial charge in [-0.05, 0) is 13.3 Å². The first-order valence-corrected chi connectivity index (χ1v) is 8.04. The minimum Gasteiger partial charge on any atom is -0.313 e. The van der Waals surface area contributed by atoms with Crippen LogP contribution in [0.5, 0.6) is 0 Å². The van der Waals surface area contributed by atoms with Crippen LogP contribution in [0.25, 0.3) is 0 Å². The Bertz CT molecular complexity index is 458. The molecule has 0 saturated heterocycles. The summed E-state index contributed by atoms with van der Waals surface area (Å²) in [5.74, 6) is 0. The first kappa shape index (κ1) is 17.5. The SMILES string of the molecule is CC(C)NCC(C)S(=O)(=O)N1CC=C(C(F)(F)F)CC1. The molecule has 4 nitrogen and oxygen atoms in total. The lowest BCUT2D eigenvalue weighted by Crippen LogP contribution is -2.45. The van der Waals surface area contributed by atoms with Crippen LogP contribution in [0.1, 0.15) is 27.2 Å². The summed E-state index contributed by atoms with van der Waals surface area (Å²) in [6.07, 6.45) is -3.68. The van der Waals surface area contributed by atoms with Crippen molar-refractivity contribution in [2.24, 2.45) is 0 Å². The van der Waals surface area contributed by atoms with Gasteiger partial charge in [0.05, 0.1) is 5.25 Å². The topological polar surface area (TPSA) is 49.4 Å². The Balaban J connectivity index is 2.70. The lowest BCUT2D eigenvalue weighted by molar-refractivity contribution is -0.0953. The van der Waals surface area contributed by atoms with Crippen molar-refractivity contribution >= 4 is 10.0 Å². The second kappa shape index (κ2) is 6.44. The van der Waals surface area contributed by atoms with E-state index in [9.17, 15) is 21.6 Å². The fourth-order valence-corrected chi connectivity index (χ4v) is 3.34. The van der Waals surface area contributed by atoms with E-state index in [-0.39, 0.29) is 32.1 Å². The third-order valence-electron chi connectivity index (χ3n) is 3.22. The van der Waals surface area contributed by atoms with Gasteiger partial charge in [0.2, 0.25) is 10.0 Å². The highest BCUT2D eigenvalue weighted by molar-refractivity contribution is 7.89. The fourth-order valence-electron chi connectivity index (χ4n) is 1.90. The van der Waals surface area contributed by atoms with Gasteiger partial charge in [0.15, 0.2) is 0 Å². The molecule has 1 aliphatic heterocycles. The first-order chi connectivity index (χ1) is 9.05. The number of hydrogen-bond donors (Lipinski definition) is 1. The van der Waals surface area contributed by atoms with Crippen LogP contribution < -0.4 is 5.32 Å². The van der Waals surface area contributed by atoms with E-state index < -0.39 is 27.0 Å². The van der Waals surface area contributed by atoms with E-state index >= 15 is 0 Å². The van der Waals surface area contributed by atoms with E-state index in [1.54, 1.807) is 6.92 Å². The second-order valence-corrected chi connectivity index (χ2v) is 7.60. The Morgan fingerprint density at radius 3 is 2.35 bits per heavy atom. The predicted molar refractivity (Wildman–Crippen MR) is 71.8 cm³/mol. The molecule has 0 aromatic heterocycles. The third-order valence-corrected chi connectivity index (χ3v) is 5.45. The van der Waals surface area contributed by atoms with E-state index in [1.165, 1.54) is 0 Å². The molecule has 1 aliphatic rings. The van der Waals surface area contributed by atoms with Crippen LogP contribution in [-0.2, 0) is 10.0 Å². The van der Waals surface area contributed by atoms with Crippen molar-refractivity contribution in [3.63, 3.8) is 0 Å². The molecule has 118 valence electrons. The number of nitrogens with one attached hydrogen (secondary N) is 1. The van der Waals surface area contributed by atoms with E-state index in [0.717, 1.165) is 10.4 Å². The second-order valence-electron chi connectivity index (χ2n) is 5.25. The maximum Gasteiger partial charge on any atom is 0.412 e. The van der Waals surface area contributed by atoms with Crippen molar-refractivity contribution in [1.29, 1.82) is 0 Å². The van der Waals surface area contributed by atoms with Crippen molar-refractivity contribution in [3.8, 4) is 0 Å². The van der Waals surface area contributed by atoms with Crippen LogP contribution in [0, 0.1) is 0 Å². The number of halogens is 3. The molecule has 0 aromatic rings. The number of alkyl halides is 3. The van der Waals surface area contributed by atoms with Crippen molar-refractivity contribution in [3.05, 3.63) is 11.6 Å². The van der Waals surface area contributed by atoms with Crippen LogP contribution in [-0.4, -0.2) is 49.8 Å². The number of nitrogens with zero attached hydrogens (tertiary/aromatic N) is 1. The van der Waals surface area contributed by atoms with E-state index in [2.05, 4.69) is 5.32 Å². The highest BCUT2D eigenvalue weighted by Crippen LogP contribution is 2.31. The molecule has 0 saturated carbocycles. The van der Waals surface area contributed by atoms with E-state index in [0.29, 0.717) is 0 Å². The van der Waals surface area contributed by atoms with E-state index in [1.807, 2.05) is 13.8 Å². The normalized spacial score (nSPS) is 20.1. The summed E-state index contributed by atoms with van der Waals surface area (Å²) in [6, 6.07) is 0.158. The van der Waals surface area contributed by atoms with Gasteiger partial charge in [0.1, 0.15) is 0 Å². The average Bonchev–Trinajstić information content (AvgIpc) is 2.34. The Labute approximate surface area is 118 Å². The molecule has 0 aromatic carbocycles. The van der Waals surface area contributed by atoms with Crippen molar-refractivity contribution in [2.75, 3.05) is 19.6 Å². The molecular weight excluding hydrogens is 293 g/mol. The van der Waals surface area contributed by atoms with Gasteiger partial charge in [-0.15, -0.1) is 0 Å². The van der Waals surface area contributed by atoms with Crippen LogP contribution in [0.15, 0.2) is 11.6 Å². The molecule has 1 heterocycles. The van der Waals surface area contributed by atoms with Gasteiger partial charge in [-0.1, -0.05) is 19.9 Å². The van der Waals surface area contributed by atoms with Gasteiger partial charge < -0.3 is 5.32 Å². The zero-order chi connectivity index (χ0) is 15.6. The van der Waals surface area contributed by atoms with Crippen LogP contribution in [0.2, 0.25) is 0 Å². The van der Waals surface area contributed by atoms with E-state index in [4.69, 9.17) is 0 Å². The standard InChI is InChI=1S/C12H21F3N2O2S/c1-9(2)16-8-10(3)20(18,19)17-6-4-11(5-7-17)12(13,14)15/h4,9-10,16H,5-8H2,1-3H3. The number of sulfonamides is 1. The molecule has 0 fully saturated rings. The molecule has 0 aliphatic carbocycles. The molecule has 0 radical (unpaired) electrons. The number of rotatable bonds is 5. The molecule has 0 spiro atoms. The Morgan fingerprint density at radius 2 is 1.95 bits per heavy atom. The lowest BCUT2D eigenvalue weighted by atomic mass is 10.1. The molecule has 1 rings (SSSR count). The Kier molecular flexibility index (Phi) is 5.62. The summed E-state index contributed by atoms with van der Waals surface area (Å²) >= 11 is 0. The molecule has 1 atom stereocenters. The summed E-state index contributed by atoms with van der Waals surface area (Å²) in [7, 11) is -3.57. The van der Waals surface area contributed by atoms with Gasteiger partial charge >= 0.3 is 6.18 Å². The highest BCUT2D eigenvalue weighted by atomic mass is 32.2. The van der Waals surface area contributed by atoms with Crippen molar-refractivity contribution in [1.82, 2.24) is 9.62 Å². The quantitative estimate of drug-likeness (QED) is 0.789. The highest BCUT2D eigenvalue weighted by Gasteiger charge is 2.37. The zero-order valence-corrected chi connectivity index (χ0v) is 12.7. The molecule has 0 bridgehead atoms. The largest absolute Gasteiger partial charge is 0.412 e. The van der Waals surface area contributed by atoms with Gasteiger partial charge in [0.25, 0.3) is 0 Å². The van der Waals surface area contributed by atoms with Gasteiger partial charge in [0, 0.05) is 31.2 Å². The van der Waals surface area contributed by atoms with Gasteiger partial charge in [-0.25, -0.2) is 8.42 Å². The first-order valence-electron chi connectivity index (χ1n) is 6.53. The van der Waals surface area contributed by atoms with Gasteiger partial charge in [-0.3, -0.25) is 0 Å². The Hall–Kier alpha value is -0.600. The number of hydrogen-bond acceptors (Lipinski definition) is 3. The molecule has 8 heteroatoms. The maximum atomic E-state index is 12.5. The molecule has 1 N–H and O–H groups in total. The smallest absolute Gasteiger partial charge is 0.313 e. The summed E-state index contributed by atoms with van der Waals surface area (Å²) in [6.45, 7) is 5.33. The minimum absolute atomic E-state index is 0.111. The lowest BCUT2D eigenvalue weighted by Gasteiger charge is -2.29. The summed E-state index contributed by atoms with van der Waals surface area (Å²) in [5, 5.41) is 2.36. The summed E-state index contributed by atoms with van der Waals surface area (Å²) < 4.78 is 63.0. The summed E-state index contributed by atoms with van der Waals surface area (Å²) in [5.41, 5.74) is -0.642. The van der Waals surface area contributed by atoms with Crippen LogP contribution >= 0.6 is 0 Å². The third kappa shape index (κ3) is 4.46. The average molecular weight is 314 g/mol. The summed E-state index contributed by atoms with van der Waals surface area (Å²) in [4.78, 5) is 0. The van der Waals surface area contributed by atoms with Crippen molar-refractivity contribution < 1.29 is 21.6 Å². The predicted octanol–water partition coefficient (Wildman–Crippen LogP) is 1.90. The maximum absolute atomic E-state index is 12.5. The van der Waals surface area contributed by atoms with Gasteiger partial charge in [-0.2, -0.15) is 17.5 Å². The fraction of sp³-hybridized carbons (Fsp3) is 0.833. The monoisotopic (exact) mass is 314 g/mol. The molecule has 0 amide bonds. The molecule has 1 unspecified atom stereocenters. The molecule has 20 heavy (non-hydrogen) atoms. The zero-order valence-electron chi connectivity index (χ0n) is 11.9. The van der Waals surface area contributed by atoms with Crippen LogP contribution in [0.3, 0.4) is 0 Å². The van der Waals surface area contributed by atoms with Crippen LogP contribution in [0.4, 0.5) is 13.2 Å². The minimum atomic E-state index is -4.36. The van der Waals surface area contributed by atoms with Crippen molar-refractivity contribution in [2.45, 2.75) is 44.7 Å².